The Balaban J connectivity index is 2.55. The average Bonchev–Trinajstić information content (AvgIpc) is 2.14. The zero-order chi connectivity index (χ0) is 13.1. The topological polar surface area (TPSA) is 35.5 Å². The first-order valence-electron chi connectivity index (χ1n) is 6.22. The fourth-order valence-electron chi connectivity index (χ4n) is 2.13. The highest BCUT2D eigenvalue weighted by Gasteiger charge is 2.43. The fourth-order valence-corrected chi connectivity index (χ4v) is 2.13. The van der Waals surface area contributed by atoms with E-state index in [-0.39, 0.29) is 31.2 Å². The maximum atomic E-state index is 13.6. The molecule has 1 aliphatic heterocycles. The summed E-state index contributed by atoms with van der Waals surface area (Å²) in [6, 6.07) is -0.190. The first kappa shape index (κ1) is 14.8. The normalized spacial score (nSPS) is 26.1. The number of aliphatic hydroxyl groups excluding tert-OH is 1. The van der Waals surface area contributed by atoms with E-state index in [9.17, 15) is 8.78 Å². The molecular weight excluding hydrogens is 226 g/mol. The van der Waals surface area contributed by atoms with Crippen molar-refractivity contribution in [2.24, 2.45) is 0 Å². The summed E-state index contributed by atoms with van der Waals surface area (Å²) in [7, 11) is 0. The van der Waals surface area contributed by atoms with Gasteiger partial charge in [-0.2, -0.15) is 0 Å². The molecule has 1 heterocycles. The summed E-state index contributed by atoms with van der Waals surface area (Å²) in [5.74, 6) is -2.62. The van der Waals surface area contributed by atoms with Crippen LogP contribution in [0.15, 0.2) is 0 Å². The molecular formula is C12H24F2N2O. The quantitative estimate of drug-likeness (QED) is 0.742. The van der Waals surface area contributed by atoms with E-state index in [1.54, 1.807) is 0 Å². The Kier molecular flexibility index (Phi) is 4.86. The number of likely N-dealkylation sites (tertiary alicyclic amines) is 1. The van der Waals surface area contributed by atoms with E-state index in [4.69, 9.17) is 5.11 Å². The summed E-state index contributed by atoms with van der Waals surface area (Å²) < 4.78 is 27.2. The van der Waals surface area contributed by atoms with E-state index in [2.05, 4.69) is 5.32 Å². The monoisotopic (exact) mass is 250 g/mol. The van der Waals surface area contributed by atoms with Crippen LogP contribution in [0.5, 0.6) is 0 Å². The minimum atomic E-state index is -2.62. The van der Waals surface area contributed by atoms with Crippen molar-refractivity contribution in [2.75, 3.05) is 26.2 Å². The molecule has 0 unspecified atom stereocenters. The highest BCUT2D eigenvalue weighted by Crippen LogP contribution is 2.30. The molecule has 0 aromatic heterocycles. The van der Waals surface area contributed by atoms with Gasteiger partial charge in [0, 0.05) is 31.2 Å². The van der Waals surface area contributed by atoms with Crippen LogP contribution in [-0.4, -0.2) is 53.8 Å². The number of alkyl halides is 2. The average molecular weight is 250 g/mol. The predicted molar refractivity (Wildman–Crippen MR) is 64.4 cm³/mol. The SMILES string of the molecule is CC(C)(C)N1C[C@H](NCCCO)CC(F)(F)C1. The maximum Gasteiger partial charge on any atom is 0.262 e. The second kappa shape index (κ2) is 5.59. The molecule has 1 atom stereocenters. The number of aliphatic hydroxyl groups is 1. The molecule has 1 rings (SSSR count). The highest BCUT2D eigenvalue weighted by atomic mass is 19.3. The summed E-state index contributed by atoms with van der Waals surface area (Å²) in [5.41, 5.74) is -0.235. The van der Waals surface area contributed by atoms with Crippen LogP contribution in [0.2, 0.25) is 0 Å². The third kappa shape index (κ3) is 4.85. The summed E-state index contributed by atoms with van der Waals surface area (Å²) in [4.78, 5) is 1.83. The van der Waals surface area contributed by atoms with Crippen LogP contribution >= 0.6 is 0 Å². The fraction of sp³-hybridized carbons (Fsp3) is 1.00. The molecule has 3 nitrogen and oxygen atoms in total. The van der Waals surface area contributed by atoms with E-state index in [1.165, 1.54) is 0 Å². The van der Waals surface area contributed by atoms with Crippen LogP contribution in [-0.2, 0) is 0 Å². The lowest BCUT2D eigenvalue weighted by Gasteiger charge is -2.44. The van der Waals surface area contributed by atoms with E-state index in [1.807, 2.05) is 25.7 Å². The number of nitrogens with one attached hydrogen (secondary N) is 1. The highest BCUT2D eigenvalue weighted by molar-refractivity contribution is 4.92. The van der Waals surface area contributed by atoms with Gasteiger partial charge in [0.2, 0.25) is 0 Å². The molecule has 0 bridgehead atoms. The minimum Gasteiger partial charge on any atom is -0.396 e. The van der Waals surface area contributed by atoms with Gasteiger partial charge in [-0.1, -0.05) is 0 Å². The molecule has 1 aliphatic rings. The molecule has 0 amide bonds. The lowest BCUT2D eigenvalue weighted by molar-refractivity contribution is -0.0970. The number of rotatable bonds is 4. The maximum absolute atomic E-state index is 13.6. The van der Waals surface area contributed by atoms with Gasteiger partial charge in [0.1, 0.15) is 0 Å². The van der Waals surface area contributed by atoms with Gasteiger partial charge in [-0.25, -0.2) is 8.78 Å². The van der Waals surface area contributed by atoms with Gasteiger partial charge in [0.15, 0.2) is 0 Å². The Morgan fingerprint density at radius 3 is 2.59 bits per heavy atom. The summed E-state index contributed by atoms with van der Waals surface area (Å²) in [6.07, 6.45) is 0.503. The number of nitrogens with zero attached hydrogens (tertiary/aromatic N) is 1. The second-order valence-corrected chi connectivity index (χ2v) is 5.84. The van der Waals surface area contributed by atoms with Crippen molar-refractivity contribution in [3.05, 3.63) is 0 Å². The molecule has 1 fully saturated rings. The number of hydrogen-bond donors (Lipinski definition) is 2. The molecule has 0 spiro atoms. The Morgan fingerprint density at radius 2 is 2.06 bits per heavy atom. The third-order valence-corrected chi connectivity index (χ3v) is 3.12. The van der Waals surface area contributed by atoms with Crippen molar-refractivity contribution < 1.29 is 13.9 Å². The van der Waals surface area contributed by atoms with Gasteiger partial charge in [-0.05, 0) is 33.7 Å². The smallest absolute Gasteiger partial charge is 0.262 e. The molecule has 1 saturated heterocycles. The second-order valence-electron chi connectivity index (χ2n) is 5.84. The molecule has 0 aromatic rings. The van der Waals surface area contributed by atoms with E-state index >= 15 is 0 Å². The Morgan fingerprint density at radius 1 is 1.41 bits per heavy atom. The van der Waals surface area contributed by atoms with Crippen LogP contribution in [0.4, 0.5) is 8.78 Å². The molecule has 17 heavy (non-hydrogen) atoms. The van der Waals surface area contributed by atoms with Crippen LogP contribution < -0.4 is 5.32 Å². The number of halogens is 2. The molecule has 102 valence electrons. The summed E-state index contributed by atoms with van der Waals surface area (Å²) in [6.45, 7) is 7.05. The summed E-state index contributed by atoms with van der Waals surface area (Å²) in [5, 5.41) is 11.8. The minimum absolute atomic E-state index is 0.0963. The zero-order valence-corrected chi connectivity index (χ0v) is 11.0. The molecule has 2 N–H and O–H groups in total. The molecule has 0 saturated carbocycles. The Hall–Kier alpha value is -0.260. The van der Waals surface area contributed by atoms with Gasteiger partial charge in [0.25, 0.3) is 5.92 Å². The van der Waals surface area contributed by atoms with Crippen LogP contribution in [0.1, 0.15) is 33.6 Å². The van der Waals surface area contributed by atoms with Crippen LogP contribution in [0.3, 0.4) is 0 Å². The van der Waals surface area contributed by atoms with E-state index < -0.39 is 5.92 Å². The van der Waals surface area contributed by atoms with Crippen LogP contribution in [0.25, 0.3) is 0 Å². The van der Waals surface area contributed by atoms with Gasteiger partial charge >= 0.3 is 0 Å². The van der Waals surface area contributed by atoms with Gasteiger partial charge in [-0.15, -0.1) is 0 Å². The Bertz CT molecular complexity index is 241. The lowest BCUT2D eigenvalue weighted by Crippen LogP contribution is -2.59. The molecule has 5 heteroatoms. The lowest BCUT2D eigenvalue weighted by atomic mass is 9.96. The summed E-state index contributed by atoms with van der Waals surface area (Å²) >= 11 is 0. The van der Waals surface area contributed by atoms with Gasteiger partial charge in [0.05, 0.1) is 6.54 Å². The Labute approximate surface area is 102 Å². The first-order valence-corrected chi connectivity index (χ1v) is 6.22. The molecule has 0 aromatic carbocycles. The van der Waals surface area contributed by atoms with Crippen molar-refractivity contribution >= 4 is 0 Å². The zero-order valence-electron chi connectivity index (χ0n) is 11.0. The standard InChI is InChI=1S/C12H24F2N2O/c1-11(2,3)16-8-10(15-5-4-6-17)7-12(13,14)9-16/h10,15,17H,4-9H2,1-3H3/t10-/m1/s1. The molecule has 0 radical (unpaired) electrons. The first-order chi connectivity index (χ1) is 7.74. The van der Waals surface area contributed by atoms with Gasteiger partial charge in [-0.3, -0.25) is 4.90 Å². The van der Waals surface area contributed by atoms with Crippen molar-refractivity contribution in [1.82, 2.24) is 10.2 Å². The van der Waals surface area contributed by atoms with Gasteiger partial charge < -0.3 is 10.4 Å². The number of hydrogen-bond acceptors (Lipinski definition) is 3. The molecule has 0 aliphatic carbocycles. The predicted octanol–water partition coefficient (Wildman–Crippen LogP) is 1.47. The van der Waals surface area contributed by atoms with Crippen molar-refractivity contribution in [1.29, 1.82) is 0 Å². The van der Waals surface area contributed by atoms with E-state index in [0.29, 0.717) is 19.5 Å². The van der Waals surface area contributed by atoms with Crippen LogP contribution in [0, 0.1) is 0 Å². The third-order valence-electron chi connectivity index (χ3n) is 3.12. The number of piperidine rings is 1. The van der Waals surface area contributed by atoms with Crippen molar-refractivity contribution in [2.45, 2.75) is 51.1 Å². The van der Waals surface area contributed by atoms with Crippen molar-refractivity contribution in [3.63, 3.8) is 0 Å². The van der Waals surface area contributed by atoms with Crippen molar-refractivity contribution in [3.8, 4) is 0 Å². The van der Waals surface area contributed by atoms with E-state index in [0.717, 1.165) is 0 Å². The largest absolute Gasteiger partial charge is 0.396 e.